The Kier molecular flexibility index (Phi) is 5.71. The average Bonchev–Trinajstić information content (AvgIpc) is 2.68. The highest BCUT2D eigenvalue weighted by molar-refractivity contribution is 7.92. The SMILES string of the molecule is CCc1ccc(S(=O)(=O)Nc2ccc(NCc3ccccc3C)nn2)cc1. The summed E-state index contributed by atoms with van der Waals surface area (Å²) in [5.74, 6) is 0.754. The smallest absolute Gasteiger partial charge is 0.263 e. The molecule has 2 N–H and O–H groups in total. The van der Waals surface area contributed by atoms with Crippen LogP contribution in [-0.4, -0.2) is 18.6 Å². The van der Waals surface area contributed by atoms with E-state index in [1.807, 2.05) is 38.1 Å². The molecule has 0 unspecified atom stereocenters. The molecule has 0 radical (unpaired) electrons. The van der Waals surface area contributed by atoms with Gasteiger partial charge in [0.1, 0.15) is 5.82 Å². The van der Waals surface area contributed by atoms with Crippen LogP contribution in [0.1, 0.15) is 23.6 Å². The highest BCUT2D eigenvalue weighted by atomic mass is 32.2. The van der Waals surface area contributed by atoms with E-state index >= 15 is 0 Å². The van der Waals surface area contributed by atoms with Crippen LogP contribution in [0.3, 0.4) is 0 Å². The summed E-state index contributed by atoms with van der Waals surface area (Å²) in [5.41, 5.74) is 3.44. The number of nitrogens with zero attached hydrogens (tertiary/aromatic N) is 2. The van der Waals surface area contributed by atoms with Crippen LogP contribution in [0.15, 0.2) is 65.6 Å². The van der Waals surface area contributed by atoms with Crippen molar-refractivity contribution in [3.63, 3.8) is 0 Å². The Morgan fingerprint density at radius 1 is 0.889 bits per heavy atom. The van der Waals surface area contributed by atoms with Crippen molar-refractivity contribution in [3.05, 3.63) is 77.4 Å². The van der Waals surface area contributed by atoms with Crippen LogP contribution in [-0.2, 0) is 23.0 Å². The van der Waals surface area contributed by atoms with Crippen LogP contribution in [0.25, 0.3) is 0 Å². The van der Waals surface area contributed by atoms with Crippen LogP contribution in [0, 0.1) is 6.92 Å². The minimum atomic E-state index is -3.68. The number of hydrogen-bond acceptors (Lipinski definition) is 5. The van der Waals surface area contributed by atoms with E-state index in [4.69, 9.17) is 0 Å². The number of sulfonamides is 1. The second-order valence-corrected chi connectivity index (χ2v) is 7.87. The fraction of sp³-hybridized carbons (Fsp3) is 0.200. The van der Waals surface area contributed by atoms with Crippen molar-refractivity contribution in [2.75, 3.05) is 10.0 Å². The number of aromatic nitrogens is 2. The number of aryl methyl sites for hydroxylation is 2. The first-order valence-electron chi connectivity index (χ1n) is 8.72. The lowest BCUT2D eigenvalue weighted by atomic mass is 10.1. The van der Waals surface area contributed by atoms with Gasteiger partial charge in [0.2, 0.25) is 0 Å². The molecule has 3 aromatic rings. The zero-order valence-electron chi connectivity index (χ0n) is 15.3. The molecular weight excluding hydrogens is 360 g/mol. The second-order valence-electron chi connectivity index (χ2n) is 6.19. The van der Waals surface area contributed by atoms with E-state index in [2.05, 4.69) is 20.2 Å². The summed E-state index contributed by atoms with van der Waals surface area (Å²) < 4.78 is 27.3. The van der Waals surface area contributed by atoms with Gasteiger partial charge in [-0.25, -0.2) is 8.42 Å². The molecule has 1 heterocycles. The first kappa shape index (κ1) is 18.8. The number of nitrogens with one attached hydrogen (secondary N) is 2. The topological polar surface area (TPSA) is 84.0 Å². The van der Waals surface area contributed by atoms with Crippen LogP contribution >= 0.6 is 0 Å². The molecule has 0 fully saturated rings. The van der Waals surface area contributed by atoms with E-state index < -0.39 is 10.0 Å². The summed E-state index contributed by atoms with van der Waals surface area (Å²) >= 11 is 0. The number of benzene rings is 2. The highest BCUT2D eigenvalue weighted by Gasteiger charge is 2.15. The maximum atomic E-state index is 12.4. The molecule has 27 heavy (non-hydrogen) atoms. The van der Waals surface area contributed by atoms with Crippen molar-refractivity contribution in [1.29, 1.82) is 0 Å². The molecule has 0 bridgehead atoms. The second kappa shape index (κ2) is 8.18. The van der Waals surface area contributed by atoms with E-state index in [1.165, 1.54) is 11.1 Å². The van der Waals surface area contributed by atoms with Gasteiger partial charge in [0, 0.05) is 6.54 Å². The zero-order chi connectivity index (χ0) is 19.3. The molecule has 7 heteroatoms. The van der Waals surface area contributed by atoms with Crippen LogP contribution in [0.4, 0.5) is 11.6 Å². The minimum Gasteiger partial charge on any atom is -0.364 e. The molecule has 0 saturated carbocycles. The molecule has 6 nitrogen and oxygen atoms in total. The average molecular weight is 382 g/mol. The Bertz CT molecular complexity index is 1000. The largest absolute Gasteiger partial charge is 0.364 e. The quantitative estimate of drug-likeness (QED) is 0.650. The van der Waals surface area contributed by atoms with Gasteiger partial charge in [-0.05, 0) is 54.3 Å². The summed E-state index contributed by atoms with van der Waals surface area (Å²) in [6.45, 7) is 4.69. The van der Waals surface area contributed by atoms with Gasteiger partial charge in [-0.1, -0.05) is 43.3 Å². The number of rotatable bonds is 7. The molecular formula is C20H22N4O2S. The molecule has 0 saturated heterocycles. The highest BCUT2D eigenvalue weighted by Crippen LogP contribution is 2.16. The lowest BCUT2D eigenvalue weighted by Crippen LogP contribution is -2.14. The Morgan fingerprint density at radius 3 is 2.19 bits per heavy atom. The van der Waals surface area contributed by atoms with Gasteiger partial charge in [-0.15, -0.1) is 10.2 Å². The Morgan fingerprint density at radius 2 is 1.56 bits per heavy atom. The molecule has 0 atom stereocenters. The van der Waals surface area contributed by atoms with Gasteiger partial charge in [0.05, 0.1) is 4.90 Å². The third-order valence-electron chi connectivity index (χ3n) is 4.27. The standard InChI is InChI=1S/C20H22N4O2S/c1-3-16-8-10-18(11-9-16)27(25,26)24-20-13-12-19(22-23-20)21-14-17-7-5-4-6-15(17)2/h4-13H,3,14H2,1-2H3,(H,21,22)(H,23,24). The first-order valence-corrected chi connectivity index (χ1v) is 10.2. The van der Waals surface area contributed by atoms with E-state index in [-0.39, 0.29) is 10.7 Å². The predicted octanol–water partition coefficient (Wildman–Crippen LogP) is 3.76. The fourth-order valence-electron chi connectivity index (χ4n) is 2.58. The van der Waals surface area contributed by atoms with Gasteiger partial charge in [0.25, 0.3) is 10.0 Å². The van der Waals surface area contributed by atoms with Crippen molar-refractivity contribution < 1.29 is 8.42 Å². The maximum absolute atomic E-state index is 12.4. The minimum absolute atomic E-state index is 0.177. The van der Waals surface area contributed by atoms with E-state index in [1.54, 1.807) is 36.4 Å². The van der Waals surface area contributed by atoms with Gasteiger partial charge >= 0.3 is 0 Å². The maximum Gasteiger partial charge on any atom is 0.263 e. The molecule has 0 spiro atoms. The number of anilines is 2. The van der Waals surface area contributed by atoms with Crippen LogP contribution in [0.5, 0.6) is 0 Å². The lowest BCUT2D eigenvalue weighted by molar-refractivity contribution is 0.601. The Labute approximate surface area is 159 Å². The summed E-state index contributed by atoms with van der Waals surface area (Å²) in [6, 6.07) is 18.1. The molecule has 0 aliphatic heterocycles. The van der Waals surface area contributed by atoms with Gasteiger partial charge in [0.15, 0.2) is 5.82 Å². The Balaban J connectivity index is 1.65. The van der Waals surface area contributed by atoms with Crippen LogP contribution in [0.2, 0.25) is 0 Å². The molecule has 2 aromatic carbocycles. The monoisotopic (exact) mass is 382 g/mol. The van der Waals surface area contributed by atoms with Gasteiger partial charge in [-0.2, -0.15) is 0 Å². The van der Waals surface area contributed by atoms with Gasteiger partial charge < -0.3 is 5.32 Å². The molecule has 0 aliphatic rings. The third-order valence-corrected chi connectivity index (χ3v) is 5.64. The van der Waals surface area contributed by atoms with Gasteiger partial charge in [-0.3, -0.25) is 4.72 Å². The molecule has 0 amide bonds. The zero-order valence-corrected chi connectivity index (χ0v) is 16.1. The molecule has 3 rings (SSSR count). The summed E-state index contributed by atoms with van der Waals surface area (Å²) in [6.07, 6.45) is 0.857. The normalized spacial score (nSPS) is 11.2. The van der Waals surface area contributed by atoms with Crippen molar-refractivity contribution in [2.24, 2.45) is 0 Å². The summed E-state index contributed by atoms with van der Waals surface area (Å²) in [4.78, 5) is 0.197. The van der Waals surface area contributed by atoms with E-state index in [0.717, 1.165) is 12.0 Å². The van der Waals surface area contributed by atoms with E-state index in [9.17, 15) is 8.42 Å². The molecule has 140 valence electrons. The third kappa shape index (κ3) is 4.83. The summed E-state index contributed by atoms with van der Waals surface area (Å²) in [7, 11) is -3.68. The Hall–Kier alpha value is -2.93. The van der Waals surface area contributed by atoms with E-state index in [0.29, 0.717) is 12.4 Å². The van der Waals surface area contributed by atoms with Crippen molar-refractivity contribution in [2.45, 2.75) is 31.7 Å². The summed E-state index contributed by atoms with van der Waals surface area (Å²) in [5, 5.41) is 11.2. The predicted molar refractivity (Wildman–Crippen MR) is 107 cm³/mol. The van der Waals surface area contributed by atoms with Crippen molar-refractivity contribution in [3.8, 4) is 0 Å². The number of hydrogen-bond donors (Lipinski definition) is 2. The van der Waals surface area contributed by atoms with Crippen molar-refractivity contribution >= 4 is 21.7 Å². The lowest BCUT2D eigenvalue weighted by Gasteiger charge is -2.10. The molecule has 1 aromatic heterocycles. The molecule has 0 aliphatic carbocycles. The van der Waals surface area contributed by atoms with Crippen molar-refractivity contribution in [1.82, 2.24) is 10.2 Å². The fourth-order valence-corrected chi connectivity index (χ4v) is 3.57. The first-order chi connectivity index (χ1) is 13.0. The van der Waals surface area contributed by atoms with Crippen LogP contribution < -0.4 is 10.0 Å².